The van der Waals surface area contributed by atoms with Crippen molar-refractivity contribution in [1.29, 1.82) is 0 Å². The van der Waals surface area contributed by atoms with Crippen molar-refractivity contribution in [2.24, 2.45) is 0 Å². The third-order valence-electron chi connectivity index (χ3n) is 6.23. The SMILES string of the molecule is O=C(c1cc(-c2ccc3c(c2)CCCC3)nc2ccccc12)N1CCCCC1. The minimum atomic E-state index is 0.150. The molecular weight excluding hydrogens is 344 g/mol. The summed E-state index contributed by atoms with van der Waals surface area (Å²) in [6.45, 7) is 1.73. The Labute approximate surface area is 166 Å². The van der Waals surface area contributed by atoms with E-state index in [1.165, 1.54) is 36.8 Å². The molecule has 28 heavy (non-hydrogen) atoms. The zero-order chi connectivity index (χ0) is 18.9. The number of para-hydroxylation sites is 1. The molecule has 1 fully saturated rings. The van der Waals surface area contributed by atoms with Crippen LogP contribution in [0.2, 0.25) is 0 Å². The molecule has 0 N–H and O–H groups in total. The van der Waals surface area contributed by atoms with Crippen molar-refractivity contribution < 1.29 is 4.79 Å². The van der Waals surface area contributed by atoms with E-state index < -0.39 is 0 Å². The molecule has 142 valence electrons. The van der Waals surface area contributed by atoms with Gasteiger partial charge < -0.3 is 4.90 Å². The molecule has 2 heterocycles. The smallest absolute Gasteiger partial charge is 0.254 e. The standard InChI is InChI=1S/C25H26N2O/c28-25(27-14-6-1-7-15-27)22-17-24(26-23-11-5-4-10-21(22)23)20-13-12-18-8-2-3-9-19(18)16-20/h4-5,10-13,16-17H,1-3,6-9,14-15H2. The van der Waals surface area contributed by atoms with Crippen molar-refractivity contribution in [1.82, 2.24) is 9.88 Å². The maximum atomic E-state index is 13.3. The summed E-state index contributed by atoms with van der Waals surface area (Å²) in [5.74, 6) is 0.150. The summed E-state index contributed by atoms with van der Waals surface area (Å²) in [5, 5.41) is 0.958. The summed E-state index contributed by atoms with van der Waals surface area (Å²) in [6, 6.07) is 16.8. The second-order valence-electron chi connectivity index (χ2n) is 8.12. The Hall–Kier alpha value is -2.68. The monoisotopic (exact) mass is 370 g/mol. The molecule has 0 bridgehead atoms. The molecule has 2 aromatic carbocycles. The maximum absolute atomic E-state index is 13.3. The number of hydrogen-bond donors (Lipinski definition) is 0. The Morgan fingerprint density at radius 3 is 2.46 bits per heavy atom. The summed E-state index contributed by atoms with van der Waals surface area (Å²) in [5.41, 5.74) is 6.65. The van der Waals surface area contributed by atoms with Gasteiger partial charge in [0.25, 0.3) is 5.91 Å². The Balaban J connectivity index is 1.61. The van der Waals surface area contributed by atoms with Crippen LogP contribution in [0, 0.1) is 0 Å². The molecule has 1 aliphatic carbocycles. The first-order valence-electron chi connectivity index (χ1n) is 10.6. The van der Waals surface area contributed by atoms with Crippen molar-refractivity contribution in [3.63, 3.8) is 0 Å². The molecule has 3 nitrogen and oxygen atoms in total. The molecule has 1 amide bonds. The van der Waals surface area contributed by atoms with Gasteiger partial charge in [0.05, 0.1) is 16.8 Å². The predicted molar refractivity (Wildman–Crippen MR) is 114 cm³/mol. The van der Waals surface area contributed by atoms with Gasteiger partial charge >= 0.3 is 0 Å². The third kappa shape index (κ3) is 3.19. The van der Waals surface area contributed by atoms with Crippen molar-refractivity contribution in [3.05, 3.63) is 65.2 Å². The molecule has 1 aromatic heterocycles. The summed E-state index contributed by atoms with van der Waals surface area (Å²) >= 11 is 0. The molecule has 0 atom stereocenters. The summed E-state index contributed by atoms with van der Waals surface area (Å²) < 4.78 is 0. The zero-order valence-corrected chi connectivity index (χ0v) is 16.3. The summed E-state index contributed by atoms with van der Waals surface area (Å²) in [6.07, 6.45) is 8.31. The minimum absolute atomic E-state index is 0.150. The van der Waals surface area contributed by atoms with E-state index >= 15 is 0 Å². The molecular formula is C25H26N2O. The number of nitrogens with zero attached hydrogens (tertiary/aromatic N) is 2. The first-order valence-corrected chi connectivity index (χ1v) is 10.6. The van der Waals surface area contributed by atoms with Crippen LogP contribution < -0.4 is 0 Å². The number of fused-ring (bicyclic) bond motifs is 2. The van der Waals surface area contributed by atoms with Gasteiger partial charge in [0.1, 0.15) is 0 Å². The Kier molecular flexibility index (Phi) is 4.59. The maximum Gasteiger partial charge on any atom is 0.254 e. The second-order valence-corrected chi connectivity index (χ2v) is 8.12. The van der Waals surface area contributed by atoms with Gasteiger partial charge in [-0.15, -0.1) is 0 Å². The lowest BCUT2D eigenvalue weighted by Gasteiger charge is -2.27. The number of likely N-dealkylation sites (tertiary alicyclic amines) is 1. The lowest BCUT2D eigenvalue weighted by Crippen LogP contribution is -2.35. The van der Waals surface area contributed by atoms with Crippen LogP contribution in [-0.2, 0) is 12.8 Å². The number of rotatable bonds is 2. The second kappa shape index (κ2) is 7.38. The fourth-order valence-corrected chi connectivity index (χ4v) is 4.66. The van der Waals surface area contributed by atoms with Gasteiger partial charge in [0.15, 0.2) is 0 Å². The average Bonchev–Trinajstić information content (AvgIpc) is 2.78. The van der Waals surface area contributed by atoms with E-state index in [1.807, 2.05) is 35.2 Å². The van der Waals surface area contributed by atoms with Crippen molar-refractivity contribution in [3.8, 4) is 11.3 Å². The number of carbonyl (C=O) groups excluding carboxylic acids is 1. The molecule has 1 aliphatic heterocycles. The number of carbonyl (C=O) groups is 1. The molecule has 5 rings (SSSR count). The van der Waals surface area contributed by atoms with Gasteiger partial charge in [-0.1, -0.05) is 30.3 Å². The Morgan fingerprint density at radius 2 is 1.61 bits per heavy atom. The van der Waals surface area contributed by atoms with E-state index in [4.69, 9.17) is 4.98 Å². The third-order valence-corrected chi connectivity index (χ3v) is 6.23. The minimum Gasteiger partial charge on any atom is -0.339 e. The van der Waals surface area contributed by atoms with Crippen LogP contribution in [0.25, 0.3) is 22.2 Å². The lowest BCUT2D eigenvalue weighted by atomic mass is 9.89. The fourth-order valence-electron chi connectivity index (χ4n) is 4.66. The molecule has 1 saturated heterocycles. The van der Waals surface area contributed by atoms with E-state index in [0.29, 0.717) is 0 Å². The quantitative estimate of drug-likeness (QED) is 0.604. The highest BCUT2D eigenvalue weighted by molar-refractivity contribution is 6.07. The first kappa shape index (κ1) is 17.4. The summed E-state index contributed by atoms with van der Waals surface area (Å²) in [4.78, 5) is 20.3. The Morgan fingerprint density at radius 1 is 0.821 bits per heavy atom. The van der Waals surface area contributed by atoms with Gasteiger partial charge in [-0.2, -0.15) is 0 Å². The van der Waals surface area contributed by atoms with Crippen LogP contribution in [0.4, 0.5) is 0 Å². The number of aromatic nitrogens is 1. The van der Waals surface area contributed by atoms with Gasteiger partial charge in [-0.25, -0.2) is 4.98 Å². The molecule has 0 unspecified atom stereocenters. The Bertz CT molecular complexity index is 1030. The van der Waals surface area contributed by atoms with E-state index in [-0.39, 0.29) is 5.91 Å². The van der Waals surface area contributed by atoms with Gasteiger partial charge in [0.2, 0.25) is 0 Å². The largest absolute Gasteiger partial charge is 0.339 e. The molecule has 3 aromatic rings. The number of pyridine rings is 1. The van der Waals surface area contributed by atoms with E-state index in [9.17, 15) is 4.79 Å². The summed E-state index contributed by atoms with van der Waals surface area (Å²) in [7, 11) is 0. The van der Waals surface area contributed by atoms with Crippen LogP contribution in [0.1, 0.15) is 53.6 Å². The number of aryl methyl sites for hydroxylation is 2. The molecule has 3 heteroatoms. The van der Waals surface area contributed by atoms with Gasteiger partial charge in [0, 0.05) is 24.0 Å². The lowest BCUT2D eigenvalue weighted by molar-refractivity contribution is 0.0726. The number of benzene rings is 2. The highest BCUT2D eigenvalue weighted by atomic mass is 16.2. The van der Waals surface area contributed by atoms with Crippen LogP contribution in [0.5, 0.6) is 0 Å². The topological polar surface area (TPSA) is 33.2 Å². The molecule has 0 radical (unpaired) electrons. The van der Waals surface area contributed by atoms with Crippen LogP contribution in [0.3, 0.4) is 0 Å². The molecule has 0 saturated carbocycles. The van der Waals surface area contributed by atoms with Crippen LogP contribution in [0.15, 0.2) is 48.5 Å². The van der Waals surface area contributed by atoms with E-state index in [2.05, 4.69) is 18.2 Å². The normalized spacial score (nSPS) is 16.8. The first-order chi connectivity index (χ1) is 13.8. The average molecular weight is 370 g/mol. The van der Waals surface area contributed by atoms with Crippen LogP contribution in [-0.4, -0.2) is 28.9 Å². The number of piperidine rings is 1. The highest BCUT2D eigenvalue weighted by Crippen LogP contribution is 2.30. The fraction of sp³-hybridized carbons (Fsp3) is 0.360. The number of amides is 1. The van der Waals surface area contributed by atoms with E-state index in [1.54, 1.807) is 0 Å². The zero-order valence-electron chi connectivity index (χ0n) is 16.3. The van der Waals surface area contributed by atoms with Crippen molar-refractivity contribution >= 4 is 16.8 Å². The van der Waals surface area contributed by atoms with Gasteiger partial charge in [-0.3, -0.25) is 4.79 Å². The molecule has 0 spiro atoms. The van der Waals surface area contributed by atoms with Crippen LogP contribution >= 0.6 is 0 Å². The molecule has 2 aliphatic rings. The predicted octanol–water partition coefficient (Wildman–Crippen LogP) is 5.41. The van der Waals surface area contributed by atoms with Crippen molar-refractivity contribution in [2.75, 3.05) is 13.1 Å². The van der Waals surface area contributed by atoms with E-state index in [0.717, 1.165) is 60.1 Å². The highest BCUT2D eigenvalue weighted by Gasteiger charge is 2.22. The van der Waals surface area contributed by atoms with Gasteiger partial charge in [-0.05, 0) is 74.3 Å². The van der Waals surface area contributed by atoms with Crippen molar-refractivity contribution in [2.45, 2.75) is 44.9 Å². The number of hydrogen-bond acceptors (Lipinski definition) is 2.